The van der Waals surface area contributed by atoms with Gasteiger partial charge < -0.3 is 14.6 Å². The number of phenolic OH excluding ortho intramolecular Hbond substituents is 1. The Hall–Kier alpha value is -3.35. The first-order valence-electron chi connectivity index (χ1n) is 12.4. The lowest BCUT2D eigenvalue weighted by Gasteiger charge is -2.31. The fraction of sp³-hybridized carbons (Fsp3) is 0.267. The molecule has 2 aliphatic heterocycles. The highest BCUT2D eigenvalue weighted by Crippen LogP contribution is 2.49. The van der Waals surface area contributed by atoms with E-state index >= 15 is 0 Å². The summed E-state index contributed by atoms with van der Waals surface area (Å²) in [6.45, 7) is 3.80. The van der Waals surface area contributed by atoms with Gasteiger partial charge in [-0.3, -0.25) is 4.90 Å². The summed E-state index contributed by atoms with van der Waals surface area (Å²) in [5, 5.41) is 11.7. The second-order valence-electron chi connectivity index (χ2n) is 9.51. The van der Waals surface area contributed by atoms with E-state index < -0.39 is 17.7 Å². The van der Waals surface area contributed by atoms with Gasteiger partial charge in [0.15, 0.2) is 17.7 Å². The van der Waals surface area contributed by atoms with Crippen molar-refractivity contribution in [2.75, 3.05) is 26.2 Å². The first-order chi connectivity index (χ1) is 17.6. The van der Waals surface area contributed by atoms with E-state index in [4.69, 9.17) is 9.47 Å². The zero-order valence-corrected chi connectivity index (χ0v) is 21.1. The Morgan fingerprint density at radius 1 is 0.892 bits per heavy atom. The molecule has 37 heavy (non-hydrogen) atoms. The number of hydrogen-bond donors (Lipinski definition) is 1. The summed E-state index contributed by atoms with van der Waals surface area (Å²) in [4.78, 5) is 2.43. The van der Waals surface area contributed by atoms with Crippen molar-refractivity contribution in [3.8, 4) is 28.4 Å². The van der Waals surface area contributed by atoms with Gasteiger partial charge in [-0.15, -0.1) is 12.4 Å². The highest BCUT2D eigenvalue weighted by molar-refractivity contribution is 5.95. The van der Waals surface area contributed by atoms with Crippen molar-refractivity contribution in [2.45, 2.75) is 25.4 Å². The number of aromatic hydroxyl groups is 1. The number of rotatable bonds is 5. The molecule has 0 aliphatic carbocycles. The van der Waals surface area contributed by atoms with Crippen LogP contribution in [0.15, 0.2) is 66.7 Å². The maximum atomic E-state index is 14.8. The maximum absolute atomic E-state index is 14.8. The molecule has 4 nitrogen and oxygen atoms in total. The van der Waals surface area contributed by atoms with Crippen LogP contribution in [-0.2, 0) is 0 Å². The number of halogens is 3. The number of benzene rings is 4. The Bertz CT molecular complexity index is 1420. The number of likely N-dealkylation sites (tertiary alicyclic amines) is 1. The third-order valence-corrected chi connectivity index (χ3v) is 7.15. The number of hydrogen-bond acceptors (Lipinski definition) is 4. The summed E-state index contributed by atoms with van der Waals surface area (Å²) in [5.74, 6) is -0.434. The summed E-state index contributed by atoms with van der Waals surface area (Å²) in [6.07, 6.45) is 3.21. The molecular formula is C30H28ClF2NO3. The van der Waals surface area contributed by atoms with Crippen LogP contribution in [0.1, 0.15) is 36.5 Å². The zero-order chi connectivity index (χ0) is 24.6. The lowest BCUT2D eigenvalue weighted by atomic mass is 9.86. The van der Waals surface area contributed by atoms with E-state index in [1.165, 1.54) is 25.3 Å². The predicted molar refractivity (Wildman–Crippen MR) is 143 cm³/mol. The SMILES string of the molecule is Cl.Oc1ccc2c3c(ccc2c1)-c1cc(F)cc(F)c1O[C@H]3c1ccc(OCCN2CCCCC2)cc1. The average Bonchev–Trinajstić information content (AvgIpc) is 2.89. The van der Waals surface area contributed by atoms with Crippen LogP contribution in [0.4, 0.5) is 8.78 Å². The van der Waals surface area contributed by atoms with Crippen molar-refractivity contribution in [1.29, 1.82) is 0 Å². The topological polar surface area (TPSA) is 41.9 Å². The van der Waals surface area contributed by atoms with E-state index in [9.17, 15) is 13.9 Å². The smallest absolute Gasteiger partial charge is 0.168 e. The molecule has 0 spiro atoms. The van der Waals surface area contributed by atoms with Gasteiger partial charge in [0.1, 0.15) is 23.9 Å². The number of fused-ring (bicyclic) bond motifs is 5. The molecule has 1 saturated heterocycles. The van der Waals surface area contributed by atoms with Crippen molar-refractivity contribution in [3.05, 3.63) is 89.5 Å². The minimum Gasteiger partial charge on any atom is -0.508 e. The molecule has 0 bridgehead atoms. The molecule has 1 N–H and O–H groups in total. The largest absolute Gasteiger partial charge is 0.508 e. The molecule has 1 fully saturated rings. The molecule has 0 unspecified atom stereocenters. The van der Waals surface area contributed by atoms with Gasteiger partial charge in [0.2, 0.25) is 0 Å². The molecule has 0 aromatic heterocycles. The molecule has 6 rings (SSSR count). The van der Waals surface area contributed by atoms with Crippen LogP contribution in [0.25, 0.3) is 21.9 Å². The van der Waals surface area contributed by atoms with Crippen molar-refractivity contribution in [1.82, 2.24) is 4.90 Å². The van der Waals surface area contributed by atoms with Crippen molar-refractivity contribution in [2.24, 2.45) is 0 Å². The second kappa shape index (κ2) is 10.6. The maximum Gasteiger partial charge on any atom is 0.168 e. The number of phenols is 1. The van der Waals surface area contributed by atoms with E-state index in [1.54, 1.807) is 12.1 Å². The van der Waals surface area contributed by atoms with Crippen LogP contribution in [0.2, 0.25) is 0 Å². The van der Waals surface area contributed by atoms with Gasteiger partial charge in [0.05, 0.1) is 0 Å². The van der Waals surface area contributed by atoms with Gasteiger partial charge in [-0.2, -0.15) is 0 Å². The minimum atomic E-state index is -0.732. The Morgan fingerprint density at radius 2 is 1.68 bits per heavy atom. The molecule has 192 valence electrons. The van der Waals surface area contributed by atoms with Crippen LogP contribution in [0.5, 0.6) is 17.2 Å². The third kappa shape index (κ3) is 4.96. The van der Waals surface area contributed by atoms with Gasteiger partial charge in [-0.1, -0.05) is 36.8 Å². The number of nitrogens with zero attached hydrogens (tertiary/aromatic N) is 1. The van der Waals surface area contributed by atoms with E-state index in [0.29, 0.717) is 17.7 Å². The molecule has 4 aromatic carbocycles. The summed E-state index contributed by atoms with van der Waals surface area (Å²) < 4.78 is 41.2. The molecule has 2 aliphatic rings. The summed E-state index contributed by atoms with van der Waals surface area (Å²) in [7, 11) is 0. The Kier molecular flexibility index (Phi) is 7.22. The fourth-order valence-corrected chi connectivity index (χ4v) is 5.36. The summed E-state index contributed by atoms with van der Waals surface area (Å²) >= 11 is 0. The number of ether oxygens (including phenoxy) is 2. The first kappa shape index (κ1) is 25.3. The summed E-state index contributed by atoms with van der Waals surface area (Å²) in [6, 6.07) is 18.6. The summed E-state index contributed by atoms with van der Waals surface area (Å²) in [5.41, 5.74) is 2.73. The van der Waals surface area contributed by atoms with Crippen LogP contribution in [0.3, 0.4) is 0 Å². The Morgan fingerprint density at radius 3 is 2.46 bits per heavy atom. The van der Waals surface area contributed by atoms with Gasteiger partial charge in [0.25, 0.3) is 0 Å². The molecule has 2 heterocycles. The lowest BCUT2D eigenvalue weighted by Crippen LogP contribution is -2.33. The van der Waals surface area contributed by atoms with Gasteiger partial charge >= 0.3 is 0 Å². The molecule has 0 saturated carbocycles. The van der Waals surface area contributed by atoms with Crippen LogP contribution < -0.4 is 9.47 Å². The normalized spacial score (nSPS) is 16.9. The van der Waals surface area contributed by atoms with E-state index in [0.717, 1.165) is 53.3 Å². The number of piperidine rings is 1. The Balaban J connectivity index is 0.00000280. The molecule has 0 radical (unpaired) electrons. The average molecular weight is 524 g/mol. The Labute approximate surface area is 220 Å². The van der Waals surface area contributed by atoms with Gasteiger partial charge in [-0.25, -0.2) is 8.78 Å². The van der Waals surface area contributed by atoms with Crippen molar-refractivity contribution >= 4 is 23.2 Å². The highest BCUT2D eigenvalue weighted by Gasteiger charge is 2.32. The minimum absolute atomic E-state index is 0. The third-order valence-electron chi connectivity index (χ3n) is 7.15. The molecule has 7 heteroatoms. The van der Waals surface area contributed by atoms with E-state index in [-0.39, 0.29) is 23.9 Å². The molecule has 4 aromatic rings. The zero-order valence-electron chi connectivity index (χ0n) is 20.3. The lowest BCUT2D eigenvalue weighted by molar-refractivity contribution is 0.183. The first-order valence-corrected chi connectivity index (χ1v) is 12.4. The van der Waals surface area contributed by atoms with Gasteiger partial charge in [-0.05, 0) is 78.2 Å². The highest BCUT2D eigenvalue weighted by atomic mass is 35.5. The molecule has 1 atom stereocenters. The van der Waals surface area contributed by atoms with Crippen molar-refractivity contribution in [3.63, 3.8) is 0 Å². The quantitative estimate of drug-likeness (QED) is 0.299. The van der Waals surface area contributed by atoms with Crippen LogP contribution >= 0.6 is 12.4 Å². The van der Waals surface area contributed by atoms with Crippen LogP contribution in [0, 0.1) is 11.6 Å². The fourth-order valence-electron chi connectivity index (χ4n) is 5.36. The van der Waals surface area contributed by atoms with Crippen molar-refractivity contribution < 1.29 is 23.4 Å². The second-order valence-corrected chi connectivity index (χ2v) is 9.51. The standard InChI is InChI=1S/C30H27F2NO3.ClH/c31-21-17-26-25-10-6-20-16-22(34)7-11-24(20)28(25)29(36-30(26)27(32)18-21)19-4-8-23(9-5-19)35-15-14-33-12-2-1-3-13-33;/h4-11,16-18,29,34H,1-3,12-15H2;1H/t29-;/m0./s1. The van der Waals surface area contributed by atoms with E-state index in [2.05, 4.69) is 4.90 Å². The van der Waals surface area contributed by atoms with Crippen LogP contribution in [-0.4, -0.2) is 36.2 Å². The van der Waals surface area contributed by atoms with Gasteiger partial charge in [0, 0.05) is 23.7 Å². The monoisotopic (exact) mass is 523 g/mol. The predicted octanol–water partition coefficient (Wildman–Crippen LogP) is 7.26. The molecular weight excluding hydrogens is 496 g/mol. The van der Waals surface area contributed by atoms with E-state index in [1.807, 2.05) is 42.5 Å². The molecule has 0 amide bonds.